The molecule has 2 aromatic carbocycles. The monoisotopic (exact) mass is 344 g/mol. The smallest absolute Gasteiger partial charge is 0.173 e. The van der Waals surface area contributed by atoms with Gasteiger partial charge in [-0.3, -0.25) is 4.79 Å². The van der Waals surface area contributed by atoms with Gasteiger partial charge in [-0.15, -0.1) is 0 Å². The summed E-state index contributed by atoms with van der Waals surface area (Å²) in [6.45, 7) is 0. The molecule has 2 rings (SSSR count). The van der Waals surface area contributed by atoms with Gasteiger partial charge in [0.1, 0.15) is 11.6 Å². The Bertz CT molecular complexity index is 620. The molecular weight excluding hydrogens is 338 g/mol. The Balaban J connectivity index is 2.34. The van der Waals surface area contributed by atoms with E-state index < -0.39 is 23.0 Å². The Kier molecular flexibility index (Phi) is 4.32. The SMILES string of the molecule is O=C(Cc1ccccc1Cl)c1c(F)cc(Br)cc1F. The second kappa shape index (κ2) is 5.80. The molecule has 0 bridgehead atoms. The zero-order valence-corrected chi connectivity index (χ0v) is 11.9. The van der Waals surface area contributed by atoms with Crippen LogP contribution in [0.1, 0.15) is 15.9 Å². The minimum atomic E-state index is -0.885. The minimum absolute atomic E-state index is 0.144. The summed E-state index contributed by atoms with van der Waals surface area (Å²) in [6.07, 6.45) is -0.144. The van der Waals surface area contributed by atoms with Crippen molar-refractivity contribution < 1.29 is 13.6 Å². The third-order valence-electron chi connectivity index (χ3n) is 2.59. The molecule has 0 atom stereocenters. The van der Waals surface area contributed by atoms with Crippen molar-refractivity contribution in [3.05, 3.63) is 68.7 Å². The molecule has 2 aromatic rings. The van der Waals surface area contributed by atoms with Crippen molar-refractivity contribution in [3.8, 4) is 0 Å². The molecule has 0 unspecified atom stereocenters. The summed E-state index contributed by atoms with van der Waals surface area (Å²) in [5.74, 6) is -2.41. The van der Waals surface area contributed by atoms with E-state index in [2.05, 4.69) is 15.9 Å². The van der Waals surface area contributed by atoms with Crippen molar-refractivity contribution in [2.45, 2.75) is 6.42 Å². The van der Waals surface area contributed by atoms with E-state index in [1.807, 2.05) is 0 Å². The summed E-state index contributed by atoms with van der Waals surface area (Å²) in [4.78, 5) is 12.0. The number of hydrogen-bond acceptors (Lipinski definition) is 1. The average molecular weight is 346 g/mol. The third-order valence-corrected chi connectivity index (χ3v) is 3.42. The minimum Gasteiger partial charge on any atom is -0.294 e. The summed E-state index contributed by atoms with van der Waals surface area (Å²) in [7, 11) is 0. The number of carbonyl (C=O) groups excluding carboxylic acids is 1. The van der Waals surface area contributed by atoms with Crippen LogP contribution in [-0.2, 0) is 6.42 Å². The summed E-state index contributed by atoms with van der Waals surface area (Å²) in [6, 6.07) is 8.82. The van der Waals surface area contributed by atoms with Crippen LogP contribution in [-0.4, -0.2) is 5.78 Å². The van der Waals surface area contributed by atoms with Gasteiger partial charge >= 0.3 is 0 Å². The van der Waals surface area contributed by atoms with Crippen molar-refractivity contribution in [2.75, 3.05) is 0 Å². The fourth-order valence-electron chi connectivity index (χ4n) is 1.71. The highest BCUT2D eigenvalue weighted by Crippen LogP contribution is 2.23. The van der Waals surface area contributed by atoms with Crippen LogP contribution in [0.4, 0.5) is 8.78 Å². The molecule has 5 heteroatoms. The molecule has 19 heavy (non-hydrogen) atoms. The Hall–Kier alpha value is -1.26. The van der Waals surface area contributed by atoms with Crippen molar-refractivity contribution in [3.63, 3.8) is 0 Å². The summed E-state index contributed by atoms with van der Waals surface area (Å²) >= 11 is 8.88. The quantitative estimate of drug-likeness (QED) is 0.730. The van der Waals surface area contributed by atoms with Crippen LogP contribution in [0.2, 0.25) is 5.02 Å². The summed E-state index contributed by atoms with van der Waals surface area (Å²) in [5.41, 5.74) is -0.000921. The molecule has 0 saturated carbocycles. The van der Waals surface area contributed by atoms with Crippen LogP contribution in [0.25, 0.3) is 0 Å². The highest BCUT2D eigenvalue weighted by atomic mass is 79.9. The van der Waals surface area contributed by atoms with Gasteiger partial charge in [-0.1, -0.05) is 45.7 Å². The molecule has 98 valence electrons. The van der Waals surface area contributed by atoms with Gasteiger partial charge in [0, 0.05) is 15.9 Å². The van der Waals surface area contributed by atoms with Gasteiger partial charge in [0.15, 0.2) is 5.78 Å². The van der Waals surface area contributed by atoms with Crippen LogP contribution in [0.5, 0.6) is 0 Å². The van der Waals surface area contributed by atoms with E-state index in [1.54, 1.807) is 24.3 Å². The lowest BCUT2D eigenvalue weighted by Gasteiger charge is -2.06. The summed E-state index contributed by atoms with van der Waals surface area (Å²) < 4.78 is 27.5. The maximum atomic E-state index is 13.6. The topological polar surface area (TPSA) is 17.1 Å². The van der Waals surface area contributed by atoms with E-state index in [1.165, 1.54) is 0 Å². The fraction of sp³-hybridized carbons (Fsp3) is 0.0714. The van der Waals surface area contributed by atoms with Gasteiger partial charge in [-0.25, -0.2) is 8.78 Å². The standard InChI is InChI=1S/C14H8BrClF2O/c15-9-6-11(17)14(12(18)7-9)13(19)5-8-3-1-2-4-10(8)16/h1-4,6-7H,5H2. The number of benzene rings is 2. The number of ketones is 1. The highest BCUT2D eigenvalue weighted by Gasteiger charge is 2.19. The van der Waals surface area contributed by atoms with E-state index >= 15 is 0 Å². The maximum absolute atomic E-state index is 13.6. The molecule has 0 saturated heterocycles. The van der Waals surface area contributed by atoms with Crippen molar-refractivity contribution in [1.29, 1.82) is 0 Å². The van der Waals surface area contributed by atoms with Gasteiger partial charge in [0.2, 0.25) is 0 Å². The van der Waals surface area contributed by atoms with Crippen molar-refractivity contribution in [2.24, 2.45) is 0 Å². The van der Waals surface area contributed by atoms with Crippen LogP contribution >= 0.6 is 27.5 Å². The van der Waals surface area contributed by atoms with Gasteiger partial charge < -0.3 is 0 Å². The first-order valence-corrected chi connectivity index (χ1v) is 6.57. The number of halogens is 4. The van der Waals surface area contributed by atoms with E-state index in [9.17, 15) is 13.6 Å². The van der Waals surface area contributed by atoms with Gasteiger partial charge in [0.05, 0.1) is 5.56 Å². The van der Waals surface area contributed by atoms with Gasteiger partial charge in [-0.2, -0.15) is 0 Å². The molecule has 0 heterocycles. The lowest BCUT2D eigenvalue weighted by atomic mass is 10.0. The van der Waals surface area contributed by atoms with Crippen molar-refractivity contribution in [1.82, 2.24) is 0 Å². The lowest BCUT2D eigenvalue weighted by Crippen LogP contribution is -2.09. The number of carbonyl (C=O) groups is 1. The molecule has 0 amide bonds. The normalized spacial score (nSPS) is 10.5. The molecule has 0 spiro atoms. The zero-order chi connectivity index (χ0) is 14.0. The molecule has 0 N–H and O–H groups in total. The molecule has 0 aliphatic rings. The Labute approximate surface area is 122 Å². The van der Waals surface area contributed by atoms with Crippen LogP contribution in [0, 0.1) is 11.6 Å². The van der Waals surface area contributed by atoms with Crippen LogP contribution in [0.15, 0.2) is 40.9 Å². The summed E-state index contributed by atoms with van der Waals surface area (Å²) in [5, 5.41) is 0.397. The lowest BCUT2D eigenvalue weighted by molar-refractivity contribution is 0.0985. The van der Waals surface area contributed by atoms with Gasteiger partial charge in [0.25, 0.3) is 0 Å². The second-order valence-electron chi connectivity index (χ2n) is 3.94. The molecule has 0 aliphatic carbocycles. The van der Waals surface area contributed by atoms with Crippen molar-refractivity contribution >= 4 is 33.3 Å². The van der Waals surface area contributed by atoms with E-state index in [0.29, 0.717) is 10.6 Å². The fourth-order valence-corrected chi connectivity index (χ4v) is 2.32. The molecule has 1 nitrogen and oxygen atoms in total. The first-order chi connectivity index (χ1) is 8.99. The molecule has 0 aromatic heterocycles. The van der Waals surface area contributed by atoms with Crippen LogP contribution < -0.4 is 0 Å². The molecule has 0 radical (unpaired) electrons. The van der Waals surface area contributed by atoms with E-state index in [-0.39, 0.29) is 10.9 Å². The largest absolute Gasteiger partial charge is 0.294 e. The van der Waals surface area contributed by atoms with E-state index in [4.69, 9.17) is 11.6 Å². The number of hydrogen-bond donors (Lipinski definition) is 0. The molecule has 0 fully saturated rings. The van der Waals surface area contributed by atoms with Crippen LogP contribution in [0.3, 0.4) is 0 Å². The average Bonchev–Trinajstić information content (AvgIpc) is 2.30. The molecular formula is C14H8BrClF2O. The predicted molar refractivity (Wildman–Crippen MR) is 73.5 cm³/mol. The first-order valence-electron chi connectivity index (χ1n) is 5.40. The Morgan fingerprint density at radius 3 is 2.32 bits per heavy atom. The zero-order valence-electron chi connectivity index (χ0n) is 9.59. The first kappa shape index (κ1) is 14.2. The van der Waals surface area contributed by atoms with Gasteiger partial charge in [-0.05, 0) is 23.8 Å². The molecule has 0 aliphatic heterocycles. The Morgan fingerprint density at radius 1 is 1.16 bits per heavy atom. The number of Topliss-reactive ketones (excluding diaryl/α,β-unsaturated/α-hetero) is 1. The van der Waals surface area contributed by atoms with E-state index in [0.717, 1.165) is 12.1 Å². The predicted octanol–water partition coefficient (Wildman–Crippen LogP) is 4.81. The Morgan fingerprint density at radius 2 is 1.74 bits per heavy atom. The highest BCUT2D eigenvalue weighted by molar-refractivity contribution is 9.10. The second-order valence-corrected chi connectivity index (χ2v) is 5.26. The number of rotatable bonds is 3. The maximum Gasteiger partial charge on any atom is 0.173 e. The third kappa shape index (κ3) is 3.19.